The van der Waals surface area contributed by atoms with E-state index in [4.69, 9.17) is 0 Å². The van der Waals surface area contributed by atoms with Gasteiger partial charge in [0.05, 0.1) is 4.88 Å². The molecule has 2 aromatic heterocycles. The highest BCUT2D eigenvalue weighted by atomic mass is 32.2. The monoisotopic (exact) mass is 428 g/mol. The van der Waals surface area contributed by atoms with Gasteiger partial charge in [-0.3, -0.25) is 0 Å². The second kappa shape index (κ2) is 7.02. The van der Waals surface area contributed by atoms with Crippen molar-refractivity contribution < 1.29 is 26.1 Å². The van der Waals surface area contributed by atoms with Crippen LogP contribution in [0.1, 0.15) is 23.7 Å². The van der Waals surface area contributed by atoms with Crippen molar-refractivity contribution in [2.24, 2.45) is 0 Å². The van der Waals surface area contributed by atoms with E-state index in [1.165, 1.54) is 16.4 Å². The molecule has 1 aliphatic heterocycles. The number of thiophene rings is 1. The molecule has 28 heavy (non-hydrogen) atoms. The highest BCUT2D eigenvalue weighted by molar-refractivity contribution is 7.91. The Morgan fingerprint density at radius 3 is 2.57 bits per heavy atom. The Balaban J connectivity index is 1.54. The first kappa shape index (κ1) is 19.2. The van der Waals surface area contributed by atoms with E-state index in [9.17, 15) is 21.6 Å². The van der Waals surface area contributed by atoms with Crippen molar-refractivity contribution in [3.8, 4) is 10.6 Å². The molecule has 10 heteroatoms. The van der Waals surface area contributed by atoms with Crippen molar-refractivity contribution in [3.63, 3.8) is 0 Å². The van der Waals surface area contributed by atoms with Gasteiger partial charge in [0.15, 0.2) is 0 Å². The molecule has 4 rings (SSSR count). The number of halogens is 3. The topological polar surface area (TPSA) is 63.4 Å². The van der Waals surface area contributed by atoms with Crippen LogP contribution in [0.2, 0.25) is 0 Å². The molecule has 0 bridgehead atoms. The molecule has 0 aliphatic carbocycles. The molecule has 1 aromatic carbocycles. The van der Waals surface area contributed by atoms with Gasteiger partial charge >= 0.3 is 6.18 Å². The van der Waals surface area contributed by atoms with E-state index in [1.54, 1.807) is 0 Å². The lowest BCUT2D eigenvalue weighted by Gasteiger charge is -2.15. The molecule has 1 atom stereocenters. The molecular formula is C18H15F3N2O3S2. The Bertz CT molecular complexity index is 1070. The number of aromatic nitrogens is 1. The molecular weight excluding hydrogens is 413 g/mol. The smallest absolute Gasteiger partial charge is 0.351 e. The standard InChI is InChI=1S/C18H15F3N2O3S2/c19-18(20,21)16-10-14(22-26-16)15-6-7-17(27-15)28(24,25)23-9-8-13(11-23)12-4-2-1-3-5-12/h1-7,10,13H,8-9,11H2/t13-/m1/s1. The summed E-state index contributed by atoms with van der Waals surface area (Å²) < 4.78 is 69.7. The third-order valence-corrected chi connectivity index (χ3v) is 8.08. The molecule has 0 saturated carbocycles. The van der Waals surface area contributed by atoms with Crippen molar-refractivity contribution in [3.05, 3.63) is 59.9 Å². The maximum Gasteiger partial charge on any atom is 0.452 e. The van der Waals surface area contributed by atoms with Gasteiger partial charge in [0.2, 0.25) is 5.76 Å². The fourth-order valence-electron chi connectivity index (χ4n) is 3.19. The van der Waals surface area contributed by atoms with E-state index < -0.39 is 22.0 Å². The summed E-state index contributed by atoms with van der Waals surface area (Å²) >= 11 is 0.881. The van der Waals surface area contributed by atoms with Crippen molar-refractivity contribution in [2.75, 3.05) is 13.1 Å². The van der Waals surface area contributed by atoms with Gasteiger partial charge in [-0.15, -0.1) is 11.3 Å². The lowest BCUT2D eigenvalue weighted by atomic mass is 9.99. The zero-order valence-corrected chi connectivity index (χ0v) is 16.0. The van der Waals surface area contributed by atoms with Gasteiger partial charge in [-0.2, -0.15) is 17.5 Å². The molecule has 0 spiro atoms. The Morgan fingerprint density at radius 2 is 1.89 bits per heavy atom. The Labute approximate surface area is 163 Å². The minimum atomic E-state index is -4.64. The molecule has 1 aliphatic rings. The third-order valence-electron chi connectivity index (χ3n) is 4.64. The number of sulfonamides is 1. The van der Waals surface area contributed by atoms with Crippen molar-refractivity contribution >= 4 is 21.4 Å². The summed E-state index contributed by atoms with van der Waals surface area (Å²) in [5.74, 6) is -1.09. The Morgan fingerprint density at radius 1 is 1.14 bits per heavy atom. The zero-order valence-electron chi connectivity index (χ0n) is 14.4. The Kier molecular flexibility index (Phi) is 4.80. The second-order valence-electron chi connectivity index (χ2n) is 6.45. The summed E-state index contributed by atoms with van der Waals surface area (Å²) in [6.45, 7) is 0.777. The predicted octanol–water partition coefficient (Wildman–Crippen LogP) is 4.60. The summed E-state index contributed by atoms with van der Waals surface area (Å²) in [5, 5.41) is 3.40. The van der Waals surface area contributed by atoms with Crippen LogP contribution < -0.4 is 0 Å². The first-order valence-electron chi connectivity index (χ1n) is 8.44. The largest absolute Gasteiger partial charge is 0.452 e. The van der Waals surface area contributed by atoms with Gasteiger partial charge in [0, 0.05) is 19.2 Å². The summed E-state index contributed by atoms with van der Waals surface area (Å²) in [6.07, 6.45) is -3.92. The van der Waals surface area contributed by atoms with Gasteiger partial charge < -0.3 is 4.52 Å². The average molecular weight is 428 g/mol. The normalized spacial score (nSPS) is 18.6. The van der Waals surface area contributed by atoms with Crippen LogP contribution in [0.15, 0.2) is 57.3 Å². The first-order valence-corrected chi connectivity index (χ1v) is 10.7. The minimum absolute atomic E-state index is 0.0395. The van der Waals surface area contributed by atoms with Crippen LogP contribution in [0.4, 0.5) is 13.2 Å². The fraction of sp³-hybridized carbons (Fsp3) is 0.278. The number of nitrogens with zero attached hydrogens (tertiary/aromatic N) is 2. The number of hydrogen-bond donors (Lipinski definition) is 0. The molecule has 5 nitrogen and oxygen atoms in total. The summed E-state index contributed by atoms with van der Waals surface area (Å²) in [7, 11) is -3.72. The molecule has 0 amide bonds. The number of alkyl halides is 3. The van der Waals surface area contributed by atoms with Gasteiger partial charge in [0.1, 0.15) is 9.90 Å². The van der Waals surface area contributed by atoms with E-state index >= 15 is 0 Å². The highest BCUT2D eigenvalue weighted by Crippen LogP contribution is 2.37. The number of hydrogen-bond acceptors (Lipinski definition) is 5. The third kappa shape index (κ3) is 3.59. The number of rotatable bonds is 4. The summed E-state index contributed by atoms with van der Waals surface area (Å²) in [6, 6.07) is 13.3. The summed E-state index contributed by atoms with van der Waals surface area (Å²) in [4.78, 5) is 0.302. The first-order chi connectivity index (χ1) is 13.2. The highest BCUT2D eigenvalue weighted by Gasteiger charge is 2.37. The van der Waals surface area contributed by atoms with Crippen LogP contribution in [-0.2, 0) is 16.2 Å². The lowest BCUT2D eigenvalue weighted by molar-refractivity contribution is -0.155. The SMILES string of the molecule is O=S(=O)(c1ccc(-c2cc(C(F)(F)F)on2)s1)N1CC[C@@H](c2ccccc2)C1. The molecule has 1 fully saturated rings. The second-order valence-corrected chi connectivity index (χ2v) is 9.70. The predicted molar refractivity (Wildman–Crippen MR) is 97.4 cm³/mol. The van der Waals surface area contributed by atoms with Crippen molar-refractivity contribution in [2.45, 2.75) is 22.7 Å². The van der Waals surface area contributed by atoms with E-state index in [0.29, 0.717) is 18.0 Å². The van der Waals surface area contributed by atoms with Crippen LogP contribution in [0.25, 0.3) is 10.6 Å². The van der Waals surface area contributed by atoms with E-state index in [1.807, 2.05) is 30.3 Å². The molecule has 0 radical (unpaired) electrons. The fourth-order valence-corrected chi connectivity index (χ4v) is 6.11. The van der Waals surface area contributed by atoms with Crippen molar-refractivity contribution in [1.82, 2.24) is 9.46 Å². The van der Waals surface area contributed by atoms with Gasteiger partial charge in [-0.1, -0.05) is 35.5 Å². The maximum absolute atomic E-state index is 12.9. The van der Waals surface area contributed by atoms with Gasteiger partial charge in [0.25, 0.3) is 10.0 Å². The molecule has 3 heterocycles. The molecule has 3 aromatic rings. The maximum atomic E-state index is 12.9. The molecule has 148 valence electrons. The van der Waals surface area contributed by atoms with Gasteiger partial charge in [-0.05, 0) is 30.0 Å². The number of benzene rings is 1. The molecule has 0 unspecified atom stereocenters. The molecule has 1 saturated heterocycles. The average Bonchev–Trinajstić information content (AvgIpc) is 3.41. The minimum Gasteiger partial charge on any atom is -0.351 e. The van der Waals surface area contributed by atoms with Gasteiger partial charge in [-0.25, -0.2) is 8.42 Å². The summed E-state index contributed by atoms with van der Waals surface area (Å²) in [5.41, 5.74) is 1.05. The van der Waals surface area contributed by atoms with Crippen LogP contribution in [0.5, 0.6) is 0 Å². The van der Waals surface area contributed by atoms with E-state index in [2.05, 4.69) is 9.68 Å². The lowest BCUT2D eigenvalue weighted by Crippen LogP contribution is -2.28. The molecule has 0 N–H and O–H groups in total. The van der Waals surface area contributed by atoms with Crippen LogP contribution >= 0.6 is 11.3 Å². The van der Waals surface area contributed by atoms with E-state index in [0.717, 1.165) is 29.4 Å². The van der Waals surface area contributed by atoms with Crippen molar-refractivity contribution in [1.29, 1.82) is 0 Å². The van der Waals surface area contributed by atoms with Crippen LogP contribution in [0.3, 0.4) is 0 Å². The van der Waals surface area contributed by atoms with Crippen LogP contribution in [0, 0.1) is 0 Å². The Hall–Kier alpha value is -2.17. The van der Waals surface area contributed by atoms with E-state index in [-0.39, 0.29) is 15.8 Å². The quantitative estimate of drug-likeness (QED) is 0.609. The van der Waals surface area contributed by atoms with Crippen LogP contribution in [-0.4, -0.2) is 31.0 Å². The zero-order chi connectivity index (χ0) is 19.9.